The fourth-order valence-corrected chi connectivity index (χ4v) is 1.48. The quantitative estimate of drug-likeness (QED) is 0.586. The average molecular weight is 151 g/mol. The molecular formula is C8H10NP. The summed E-state index contributed by atoms with van der Waals surface area (Å²) in [5.74, 6) is 0. The molecule has 0 radical (unpaired) electrons. The van der Waals surface area contributed by atoms with E-state index in [-0.39, 0.29) is 0 Å². The van der Waals surface area contributed by atoms with Gasteiger partial charge >= 0.3 is 0 Å². The number of hydrogen-bond acceptors (Lipinski definition) is 1. The first-order chi connectivity index (χ1) is 4.88. The fraction of sp³-hybridized carbons (Fsp3) is 0.125. The Kier molecular flexibility index (Phi) is 2.58. The van der Waals surface area contributed by atoms with E-state index in [0.29, 0.717) is 0 Å². The molecule has 0 spiro atoms. The molecule has 0 saturated heterocycles. The zero-order valence-electron chi connectivity index (χ0n) is 5.96. The van der Waals surface area contributed by atoms with Crippen LogP contribution in [-0.4, -0.2) is 11.6 Å². The van der Waals surface area contributed by atoms with Crippen molar-refractivity contribution in [2.45, 2.75) is 0 Å². The van der Waals surface area contributed by atoms with Crippen molar-refractivity contribution in [1.82, 2.24) is 4.98 Å². The molecule has 0 aliphatic carbocycles. The van der Waals surface area contributed by atoms with E-state index in [4.69, 9.17) is 0 Å². The van der Waals surface area contributed by atoms with Gasteiger partial charge in [-0.05, 0) is 24.1 Å². The van der Waals surface area contributed by atoms with Crippen LogP contribution in [0.4, 0.5) is 0 Å². The van der Waals surface area contributed by atoms with Gasteiger partial charge in [-0.15, -0.1) is 0 Å². The Hall–Kier alpha value is -0.680. The van der Waals surface area contributed by atoms with Crippen molar-refractivity contribution in [2.24, 2.45) is 0 Å². The van der Waals surface area contributed by atoms with E-state index in [1.807, 2.05) is 6.07 Å². The van der Waals surface area contributed by atoms with Crippen LogP contribution in [0.3, 0.4) is 0 Å². The van der Waals surface area contributed by atoms with Gasteiger partial charge in [0.15, 0.2) is 0 Å². The standard InChI is InChI=1S/C8H10NP/c1-3-7-8(10-2)5-4-6-9-7/h3-6,10H,1H2,2H3. The monoisotopic (exact) mass is 151 g/mol. The van der Waals surface area contributed by atoms with Crippen LogP contribution < -0.4 is 5.30 Å². The lowest BCUT2D eigenvalue weighted by molar-refractivity contribution is 1.32. The van der Waals surface area contributed by atoms with Gasteiger partial charge in [-0.2, -0.15) is 0 Å². The lowest BCUT2D eigenvalue weighted by atomic mass is 10.3. The summed E-state index contributed by atoms with van der Waals surface area (Å²) < 4.78 is 0. The van der Waals surface area contributed by atoms with Gasteiger partial charge in [-0.3, -0.25) is 4.98 Å². The zero-order chi connectivity index (χ0) is 7.40. The van der Waals surface area contributed by atoms with Gasteiger partial charge in [0.1, 0.15) is 0 Å². The van der Waals surface area contributed by atoms with Gasteiger partial charge < -0.3 is 0 Å². The summed E-state index contributed by atoms with van der Waals surface area (Å²) >= 11 is 0. The molecule has 1 unspecified atom stereocenters. The molecule has 0 saturated carbocycles. The molecule has 52 valence electrons. The second-order valence-electron chi connectivity index (χ2n) is 1.89. The predicted molar refractivity (Wildman–Crippen MR) is 48.2 cm³/mol. The Morgan fingerprint density at radius 2 is 2.50 bits per heavy atom. The molecular weight excluding hydrogens is 141 g/mol. The van der Waals surface area contributed by atoms with Crippen LogP contribution in [0.25, 0.3) is 6.08 Å². The van der Waals surface area contributed by atoms with E-state index in [2.05, 4.69) is 24.3 Å². The number of pyridine rings is 1. The van der Waals surface area contributed by atoms with Crippen molar-refractivity contribution < 1.29 is 0 Å². The summed E-state index contributed by atoms with van der Waals surface area (Å²) in [5.41, 5.74) is 1.02. The Balaban J connectivity index is 3.08. The second-order valence-corrected chi connectivity index (χ2v) is 2.93. The van der Waals surface area contributed by atoms with Crippen LogP contribution in [0, 0.1) is 0 Å². The maximum absolute atomic E-state index is 4.16. The third kappa shape index (κ3) is 1.43. The first-order valence-electron chi connectivity index (χ1n) is 3.13. The minimum absolute atomic E-state index is 0.802. The largest absolute Gasteiger partial charge is 0.256 e. The molecule has 0 aliphatic rings. The highest BCUT2D eigenvalue weighted by atomic mass is 31.1. The zero-order valence-corrected chi connectivity index (χ0v) is 6.96. The molecule has 1 heterocycles. The predicted octanol–water partition coefficient (Wildman–Crippen LogP) is 1.66. The van der Waals surface area contributed by atoms with Crippen LogP contribution in [0.1, 0.15) is 5.69 Å². The number of rotatable bonds is 2. The molecule has 1 aromatic rings. The normalized spacial score (nSPS) is 10.5. The molecule has 10 heavy (non-hydrogen) atoms. The Morgan fingerprint density at radius 1 is 1.70 bits per heavy atom. The number of hydrogen-bond donors (Lipinski definition) is 0. The molecule has 1 nitrogen and oxygen atoms in total. The lowest BCUT2D eigenvalue weighted by Gasteiger charge is -1.98. The van der Waals surface area contributed by atoms with E-state index >= 15 is 0 Å². The third-order valence-corrected chi connectivity index (χ3v) is 2.26. The summed E-state index contributed by atoms with van der Waals surface area (Å²) in [5, 5.41) is 1.29. The SMILES string of the molecule is C=Cc1ncccc1PC. The highest BCUT2D eigenvalue weighted by Gasteiger charge is 1.93. The molecule has 1 aromatic heterocycles. The van der Waals surface area contributed by atoms with Crippen molar-refractivity contribution in [3.63, 3.8) is 0 Å². The molecule has 2 heteroatoms. The van der Waals surface area contributed by atoms with E-state index < -0.39 is 0 Å². The third-order valence-electron chi connectivity index (χ3n) is 1.30. The molecule has 0 amide bonds. The first-order valence-corrected chi connectivity index (χ1v) is 4.63. The average Bonchev–Trinajstić information content (AvgIpc) is 2.04. The number of aromatic nitrogens is 1. The summed E-state index contributed by atoms with van der Waals surface area (Å²) in [6.07, 6.45) is 3.59. The van der Waals surface area contributed by atoms with Crippen LogP contribution in [0.2, 0.25) is 0 Å². The highest BCUT2D eigenvalue weighted by Crippen LogP contribution is 2.06. The summed E-state index contributed by atoms with van der Waals surface area (Å²) in [4.78, 5) is 4.16. The molecule has 0 bridgehead atoms. The van der Waals surface area contributed by atoms with Gasteiger partial charge in [0, 0.05) is 6.20 Å². The minimum Gasteiger partial charge on any atom is -0.256 e. The van der Waals surface area contributed by atoms with Gasteiger partial charge in [0.25, 0.3) is 0 Å². The van der Waals surface area contributed by atoms with E-state index in [1.54, 1.807) is 12.3 Å². The van der Waals surface area contributed by atoms with Gasteiger partial charge in [0.05, 0.1) is 5.69 Å². The molecule has 1 atom stereocenters. The molecule has 1 rings (SSSR count). The topological polar surface area (TPSA) is 12.9 Å². The summed E-state index contributed by atoms with van der Waals surface area (Å²) in [7, 11) is 0.802. The van der Waals surface area contributed by atoms with Crippen LogP contribution in [-0.2, 0) is 0 Å². The van der Waals surface area contributed by atoms with Crippen LogP contribution in [0.15, 0.2) is 24.9 Å². The molecule has 0 N–H and O–H groups in total. The Bertz CT molecular complexity index is 232. The van der Waals surface area contributed by atoms with Crippen molar-refractivity contribution >= 4 is 20.0 Å². The summed E-state index contributed by atoms with van der Waals surface area (Å²) in [6.45, 7) is 5.82. The Labute approximate surface area is 63.0 Å². The van der Waals surface area contributed by atoms with E-state index in [9.17, 15) is 0 Å². The van der Waals surface area contributed by atoms with Gasteiger partial charge in [0.2, 0.25) is 0 Å². The first kappa shape index (κ1) is 7.43. The van der Waals surface area contributed by atoms with Crippen molar-refractivity contribution in [1.29, 1.82) is 0 Å². The van der Waals surface area contributed by atoms with Crippen LogP contribution in [0.5, 0.6) is 0 Å². The molecule has 0 aliphatic heterocycles. The van der Waals surface area contributed by atoms with E-state index in [0.717, 1.165) is 14.3 Å². The van der Waals surface area contributed by atoms with Crippen molar-refractivity contribution in [3.8, 4) is 0 Å². The summed E-state index contributed by atoms with van der Waals surface area (Å²) in [6, 6.07) is 4.04. The van der Waals surface area contributed by atoms with Crippen molar-refractivity contribution in [3.05, 3.63) is 30.6 Å². The highest BCUT2D eigenvalue weighted by molar-refractivity contribution is 7.46. The lowest BCUT2D eigenvalue weighted by Crippen LogP contribution is -2.00. The second kappa shape index (κ2) is 3.48. The minimum atomic E-state index is 0.802. The van der Waals surface area contributed by atoms with Gasteiger partial charge in [-0.1, -0.05) is 21.2 Å². The van der Waals surface area contributed by atoms with Crippen molar-refractivity contribution in [2.75, 3.05) is 6.66 Å². The molecule has 0 aromatic carbocycles. The fourth-order valence-electron chi connectivity index (χ4n) is 0.792. The van der Waals surface area contributed by atoms with Gasteiger partial charge in [-0.25, -0.2) is 0 Å². The molecule has 0 fully saturated rings. The van der Waals surface area contributed by atoms with Crippen LogP contribution >= 0.6 is 8.58 Å². The number of nitrogens with zero attached hydrogens (tertiary/aromatic N) is 1. The maximum Gasteiger partial charge on any atom is 0.0697 e. The van der Waals surface area contributed by atoms with E-state index in [1.165, 1.54) is 5.30 Å². The maximum atomic E-state index is 4.16. The smallest absolute Gasteiger partial charge is 0.0697 e. The Morgan fingerprint density at radius 3 is 3.00 bits per heavy atom.